The Hall–Kier alpha value is -2.60. The van der Waals surface area contributed by atoms with Crippen molar-refractivity contribution in [3.63, 3.8) is 0 Å². The van der Waals surface area contributed by atoms with Crippen LogP contribution in [0.1, 0.15) is 22.5 Å². The molecule has 1 saturated heterocycles. The van der Waals surface area contributed by atoms with Crippen LogP contribution in [0.25, 0.3) is 10.9 Å². The molecule has 0 radical (unpaired) electrons. The Bertz CT molecular complexity index is 991. The van der Waals surface area contributed by atoms with Gasteiger partial charge in [0.05, 0.1) is 0 Å². The fourth-order valence-corrected chi connectivity index (χ4v) is 3.98. The van der Waals surface area contributed by atoms with Crippen molar-refractivity contribution in [3.05, 3.63) is 70.3 Å². The molecule has 3 aromatic rings. The van der Waals surface area contributed by atoms with Crippen LogP contribution in [0.3, 0.4) is 0 Å². The fourth-order valence-electron chi connectivity index (χ4n) is 3.60. The Balaban J connectivity index is 1.32. The van der Waals surface area contributed by atoms with Crippen LogP contribution in [0.15, 0.2) is 59.1 Å². The Kier molecular flexibility index (Phi) is 5.48. The van der Waals surface area contributed by atoms with Gasteiger partial charge in [0.2, 0.25) is 5.91 Å². The number of carbonyl (C=O) groups is 2. The molecule has 0 unspecified atom stereocenters. The van der Waals surface area contributed by atoms with Crippen molar-refractivity contribution in [3.8, 4) is 0 Å². The summed E-state index contributed by atoms with van der Waals surface area (Å²) in [6, 6.07) is 17.8. The third-order valence-corrected chi connectivity index (χ3v) is 5.70. The van der Waals surface area contributed by atoms with Gasteiger partial charge in [-0.25, -0.2) is 0 Å². The Morgan fingerprint density at radius 2 is 1.64 bits per heavy atom. The smallest absolute Gasteiger partial charge is 0.270 e. The van der Waals surface area contributed by atoms with Gasteiger partial charge in [-0.15, -0.1) is 0 Å². The minimum atomic E-state index is -0.0105. The zero-order valence-corrected chi connectivity index (χ0v) is 17.1. The van der Waals surface area contributed by atoms with E-state index in [1.54, 1.807) is 0 Å². The lowest BCUT2D eigenvalue weighted by molar-refractivity contribution is -0.132. The standard InChI is InChI=1S/C22H22BrN3O2/c23-18-7-8-19-17(14-18)15-20(24-19)22(28)26-12-10-25(11-13-26)21(27)9-6-16-4-2-1-3-5-16/h1-5,7-8,14-15,24H,6,9-13H2. The number of hydrogen-bond donors (Lipinski definition) is 1. The summed E-state index contributed by atoms with van der Waals surface area (Å²) >= 11 is 3.46. The van der Waals surface area contributed by atoms with Crippen LogP contribution in [-0.2, 0) is 11.2 Å². The van der Waals surface area contributed by atoms with Gasteiger partial charge in [-0.3, -0.25) is 9.59 Å². The van der Waals surface area contributed by atoms with Gasteiger partial charge in [0.15, 0.2) is 0 Å². The van der Waals surface area contributed by atoms with Crippen LogP contribution in [0.4, 0.5) is 0 Å². The van der Waals surface area contributed by atoms with Crippen molar-refractivity contribution in [1.82, 2.24) is 14.8 Å². The second-order valence-electron chi connectivity index (χ2n) is 7.07. The largest absolute Gasteiger partial charge is 0.351 e. The van der Waals surface area contributed by atoms with E-state index >= 15 is 0 Å². The number of amides is 2. The monoisotopic (exact) mass is 439 g/mol. The van der Waals surface area contributed by atoms with Gasteiger partial charge in [0.25, 0.3) is 5.91 Å². The number of nitrogens with one attached hydrogen (secondary N) is 1. The molecule has 1 fully saturated rings. The number of H-pyrrole nitrogens is 1. The molecule has 5 nitrogen and oxygen atoms in total. The molecule has 0 spiro atoms. The molecule has 1 aliphatic rings. The lowest BCUT2D eigenvalue weighted by Crippen LogP contribution is -2.50. The molecule has 2 heterocycles. The predicted molar refractivity (Wildman–Crippen MR) is 113 cm³/mol. The number of fused-ring (bicyclic) bond motifs is 1. The van der Waals surface area contributed by atoms with Crippen molar-refractivity contribution in [2.45, 2.75) is 12.8 Å². The number of piperazine rings is 1. The average molecular weight is 440 g/mol. The molecule has 1 N–H and O–H groups in total. The van der Waals surface area contributed by atoms with Gasteiger partial charge in [-0.2, -0.15) is 0 Å². The summed E-state index contributed by atoms with van der Waals surface area (Å²) in [5.41, 5.74) is 2.72. The van der Waals surface area contributed by atoms with Gasteiger partial charge >= 0.3 is 0 Å². The number of aryl methyl sites for hydroxylation is 1. The number of aromatic nitrogens is 1. The summed E-state index contributed by atoms with van der Waals surface area (Å²) in [5, 5.41) is 1.01. The highest BCUT2D eigenvalue weighted by Gasteiger charge is 2.25. The summed E-state index contributed by atoms with van der Waals surface area (Å²) in [7, 11) is 0. The van der Waals surface area contributed by atoms with Gasteiger partial charge < -0.3 is 14.8 Å². The molecule has 28 heavy (non-hydrogen) atoms. The van der Waals surface area contributed by atoms with E-state index < -0.39 is 0 Å². The molecular weight excluding hydrogens is 418 g/mol. The molecular formula is C22H22BrN3O2. The van der Waals surface area contributed by atoms with Crippen LogP contribution in [0.5, 0.6) is 0 Å². The molecule has 0 atom stereocenters. The number of halogens is 1. The lowest BCUT2D eigenvalue weighted by Gasteiger charge is -2.34. The van der Waals surface area contributed by atoms with Gasteiger partial charge in [0, 0.05) is 48.0 Å². The van der Waals surface area contributed by atoms with Gasteiger partial charge in [0.1, 0.15) is 5.69 Å². The van der Waals surface area contributed by atoms with Gasteiger partial charge in [-0.1, -0.05) is 46.3 Å². The topological polar surface area (TPSA) is 56.4 Å². The number of rotatable bonds is 4. The average Bonchev–Trinajstić information content (AvgIpc) is 3.15. The molecule has 0 aliphatic carbocycles. The molecule has 0 saturated carbocycles. The maximum Gasteiger partial charge on any atom is 0.270 e. The maximum absolute atomic E-state index is 12.8. The minimum absolute atomic E-state index is 0.0105. The Morgan fingerprint density at radius 3 is 2.39 bits per heavy atom. The van der Waals surface area contributed by atoms with Crippen LogP contribution < -0.4 is 0 Å². The Labute approximate surface area is 172 Å². The van der Waals surface area contributed by atoms with E-state index in [0.717, 1.165) is 21.8 Å². The molecule has 2 aromatic carbocycles. The van der Waals surface area contributed by atoms with E-state index in [9.17, 15) is 9.59 Å². The molecule has 4 rings (SSSR count). The summed E-state index contributed by atoms with van der Waals surface area (Å²) in [6.45, 7) is 2.31. The van der Waals surface area contributed by atoms with Crippen LogP contribution in [-0.4, -0.2) is 52.8 Å². The number of hydrogen-bond acceptors (Lipinski definition) is 2. The third kappa shape index (κ3) is 4.12. The van der Waals surface area contributed by atoms with Crippen molar-refractivity contribution < 1.29 is 9.59 Å². The zero-order chi connectivity index (χ0) is 19.5. The van der Waals surface area contributed by atoms with Crippen LogP contribution in [0, 0.1) is 0 Å². The zero-order valence-electron chi connectivity index (χ0n) is 15.5. The van der Waals surface area contributed by atoms with E-state index in [1.165, 1.54) is 5.56 Å². The molecule has 0 bridgehead atoms. The third-order valence-electron chi connectivity index (χ3n) is 5.20. The maximum atomic E-state index is 12.8. The second-order valence-corrected chi connectivity index (χ2v) is 7.99. The molecule has 1 aliphatic heterocycles. The highest BCUT2D eigenvalue weighted by atomic mass is 79.9. The molecule has 6 heteroatoms. The molecule has 144 valence electrons. The van der Waals surface area contributed by atoms with Crippen molar-refractivity contribution in [2.24, 2.45) is 0 Å². The lowest BCUT2D eigenvalue weighted by atomic mass is 10.1. The second kappa shape index (κ2) is 8.19. The van der Waals surface area contributed by atoms with Crippen LogP contribution >= 0.6 is 15.9 Å². The minimum Gasteiger partial charge on any atom is -0.351 e. The van der Waals surface area contributed by atoms with Crippen molar-refractivity contribution in [1.29, 1.82) is 0 Å². The number of carbonyl (C=O) groups excluding carboxylic acids is 2. The molecule has 2 amide bonds. The number of nitrogens with zero attached hydrogens (tertiary/aromatic N) is 2. The first-order valence-corrected chi connectivity index (χ1v) is 10.3. The first-order valence-electron chi connectivity index (χ1n) is 9.49. The van der Waals surface area contributed by atoms with E-state index in [2.05, 4.69) is 20.9 Å². The summed E-state index contributed by atoms with van der Waals surface area (Å²) < 4.78 is 0.987. The first-order chi connectivity index (χ1) is 13.6. The normalized spacial score (nSPS) is 14.5. The van der Waals surface area contributed by atoms with Crippen LogP contribution in [0.2, 0.25) is 0 Å². The summed E-state index contributed by atoms with van der Waals surface area (Å²) in [5.74, 6) is 0.148. The first kappa shape index (κ1) is 18.7. The fraction of sp³-hybridized carbons (Fsp3) is 0.273. The summed E-state index contributed by atoms with van der Waals surface area (Å²) in [6.07, 6.45) is 1.26. The van der Waals surface area contributed by atoms with E-state index in [-0.39, 0.29) is 11.8 Å². The summed E-state index contributed by atoms with van der Waals surface area (Å²) in [4.78, 5) is 32.2. The van der Waals surface area contributed by atoms with E-state index in [0.29, 0.717) is 38.3 Å². The SMILES string of the molecule is O=C(CCc1ccccc1)N1CCN(C(=O)c2cc3cc(Br)ccc3[nH]2)CC1. The molecule has 1 aromatic heterocycles. The predicted octanol–water partition coefficient (Wildman–Crippen LogP) is 3.85. The number of aromatic amines is 1. The van der Waals surface area contributed by atoms with Gasteiger partial charge in [-0.05, 0) is 36.2 Å². The number of benzene rings is 2. The highest BCUT2D eigenvalue weighted by molar-refractivity contribution is 9.10. The van der Waals surface area contributed by atoms with E-state index in [4.69, 9.17) is 0 Å². The van der Waals surface area contributed by atoms with Crippen molar-refractivity contribution >= 4 is 38.6 Å². The van der Waals surface area contributed by atoms with E-state index in [1.807, 2.05) is 64.4 Å². The highest BCUT2D eigenvalue weighted by Crippen LogP contribution is 2.21. The Morgan fingerprint density at radius 1 is 0.929 bits per heavy atom. The quantitative estimate of drug-likeness (QED) is 0.670. The van der Waals surface area contributed by atoms with Crippen molar-refractivity contribution in [2.75, 3.05) is 26.2 Å².